The quantitative estimate of drug-likeness (QED) is 0.707. The molecule has 1 N–H and O–H groups in total. The van der Waals surface area contributed by atoms with Gasteiger partial charge in [0.1, 0.15) is 0 Å². The van der Waals surface area contributed by atoms with Crippen molar-refractivity contribution in [2.75, 3.05) is 13.7 Å². The van der Waals surface area contributed by atoms with E-state index in [1.165, 1.54) is 7.11 Å². The third-order valence-corrected chi connectivity index (χ3v) is 2.38. The average Bonchev–Trinajstić information content (AvgIpc) is 2.14. The molecule has 1 aliphatic rings. The van der Waals surface area contributed by atoms with Crippen molar-refractivity contribution in [2.24, 2.45) is 0 Å². The molecule has 1 atom stereocenters. The third-order valence-electron chi connectivity index (χ3n) is 2.38. The van der Waals surface area contributed by atoms with Crippen LogP contribution >= 0.6 is 0 Å². The van der Waals surface area contributed by atoms with E-state index in [2.05, 4.69) is 15.0 Å². The molecule has 1 saturated heterocycles. The molecule has 1 aromatic heterocycles. The summed E-state index contributed by atoms with van der Waals surface area (Å²) in [6.07, 6.45) is 2.72. The fourth-order valence-electron chi connectivity index (χ4n) is 1.42. The highest BCUT2D eigenvalue weighted by Gasteiger charge is 2.20. The Hall–Kier alpha value is -1.42. The van der Waals surface area contributed by atoms with E-state index in [0.717, 1.165) is 18.7 Å². The molecule has 0 unspecified atom stereocenters. The summed E-state index contributed by atoms with van der Waals surface area (Å²) in [5.41, 5.74) is 1.48. The minimum absolute atomic E-state index is 0.305. The fourth-order valence-corrected chi connectivity index (χ4v) is 1.42. The number of hydrogen-bond donors (Lipinski definition) is 1. The lowest BCUT2D eigenvalue weighted by molar-refractivity contribution is 0.0600. The highest BCUT2D eigenvalue weighted by atomic mass is 16.5. The van der Waals surface area contributed by atoms with Gasteiger partial charge in [0.15, 0.2) is 0 Å². The predicted octanol–water partition coefficient (Wildman–Crippen LogP) is 0.903. The number of aromatic nitrogens is 1. The first-order valence-electron chi connectivity index (χ1n) is 4.59. The van der Waals surface area contributed by atoms with Crippen LogP contribution in [0, 0.1) is 0 Å². The Kier molecular flexibility index (Phi) is 2.45. The summed E-state index contributed by atoms with van der Waals surface area (Å²) in [5.74, 6) is -0.312. The molecule has 0 saturated carbocycles. The van der Waals surface area contributed by atoms with E-state index in [4.69, 9.17) is 0 Å². The number of carbonyl (C=O) groups is 1. The van der Waals surface area contributed by atoms with Crippen molar-refractivity contribution in [3.05, 3.63) is 29.6 Å². The summed E-state index contributed by atoms with van der Waals surface area (Å²) >= 11 is 0. The van der Waals surface area contributed by atoms with Crippen molar-refractivity contribution in [1.82, 2.24) is 10.3 Å². The number of nitrogens with one attached hydrogen (secondary N) is 1. The molecule has 1 aliphatic heterocycles. The van der Waals surface area contributed by atoms with Crippen molar-refractivity contribution in [1.29, 1.82) is 0 Å². The summed E-state index contributed by atoms with van der Waals surface area (Å²) < 4.78 is 4.64. The molecular formula is C10H12N2O2. The number of esters is 1. The SMILES string of the molecule is COC(=O)c1ccnc([C@@H]2CCN2)c1. The van der Waals surface area contributed by atoms with Crippen LogP contribution in [0.2, 0.25) is 0 Å². The molecule has 1 aromatic rings. The molecule has 14 heavy (non-hydrogen) atoms. The standard InChI is InChI=1S/C10H12N2O2/c1-14-10(13)7-2-4-12-9(6-7)8-3-5-11-8/h2,4,6,8,11H,3,5H2,1H3/t8-/m0/s1. The minimum Gasteiger partial charge on any atom is -0.465 e. The molecule has 4 heteroatoms. The number of rotatable bonds is 2. The van der Waals surface area contributed by atoms with E-state index in [9.17, 15) is 4.79 Å². The first kappa shape index (κ1) is 9.15. The van der Waals surface area contributed by atoms with Gasteiger partial charge in [0.05, 0.1) is 24.4 Å². The van der Waals surface area contributed by atoms with Gasteiger partial charge < -0.3 is 10.1 Å². The molecule has 0 spiro atoms. The van der Waals surface area contributed by atoms with Crippen LogP contribution in [0.3, 0.4) is 0 Å². The Labute approximate surface area is 82.3 Å². The van der Waals surface area contributed by atoms with Gasteiger partial charge in [0.25, 0.3) is 0 Å². The van der Waals surface area contributed by atoms with E-state index in [-0.39, 0.29) is 5.97 Å². The van der Waals surface area contributed by atoms with Gasteiger partial charge in [-0.3, -0.25) is 4.98 Å². The second-order valence-electron chi connectivity index (χ2n) is 3.26. The lowest BCUT2D eigenvalue weighted by Crippen LogP contribution is -2.35. The number of carbonyl (C=O) groups excluding carboxylic acids is 1. The molecule has 2 heterocycles. The lowest BCUT2D eigenvalue weighted by atomic mass is 10.0. The normalized spacial score (nSPS) is 19.9. The zero-order valence-corrected chi connectivity index (χ0v) is 7.99. The fraction of sp³-hybridized carbons (Fsp3) is 0.400. The summed E-state index contributed by atoms with van der Waals surface area (Å²) in [7, 11) is 1.38. The molecule has 0 aliphatic carbocycles. The third kappa shape index (κ3) is 1.61. The summed E-state index contributed by atoms with van der Waals surface area (Å²) in [5, 5.41) is 3.23. The number of ether oxygens (including phenoxy) is 1. The molecule has 0 amide bonds. The van der Waals surface area contributed by atoms with E-state index < -0.39 is 0 Å². The van der Waals surface area contributed by atoms with Crippen LogP contribution in [-0.4, -0.2) is 24.6 Å². The zero-order valence-electron chi connectivity index (χ0n) is 7.99. The van der Waals surface area contributed by atoms with Crippen LogP contribution in [-0.2, 0) is 4.74 Å². The van der Waals surface area contributed by atoms with Crippen molar-refractivity contribution in [3.8, 4) is 0 Å². The van der Waals surface area contributed by atoms with Crippen molar-refractivity contribution in [3.63, 3.8) is 0 Å². The van der Waals surface area contributed by atoms with Crippen molar-refractivity contribution < 1.29 is 9.53 Å². The van der Waals surface area contributed by atoms with Crippen LogP contribution in [0.15, 0.2) is 18.3 Å². The molecule has 0 radical (unpaired) electrons. The Morgan fingerprint density at radius 2 is 2.50 bits per heavy atom. The van der Waals surface area contributed by atoms with Gasteiger partial charge >= 0.3 is 5.97 Å². The van der Waals surface area contributed by atoms with E-state index in [1.54, 1.807) is 18.3 Å². The van der Waals surface area contributed by atoms with Crippen LogP contribution in [0.1, 0.15) is 28.5 Å². The number of methoxy groups -OCH3 is 1. The molecule has 74 valence electrons. The number of nitrogens with zero attached hydrogens (tertiary/aromatic N) is 1. The van der Waals surface area contributed by atoms with Gasteiger partial charge in [0.2, 0.25) is 0 Å². The maximum Gasteiger partial charge on any atom is 0.337 e. The van der Waals surface area contributed by atoms with Crippen LogP contribution in [0.4, 0.5) is 0 Å². The average molecular weight is 192 g/mol. The van der Waals surface area contributed by atoms with E-state index in [0.29, 0.717) is 11.6 Å². The lowest BCUT2D eigenvalue weighted by Gasteiger charge is -2.26. The molecule has 0 bridgehead atoms. The van der Waals surface area contributed by atoms with Crippen LogP contribution in [0.5, 0.6) is 0 Å². The maximum atomic E-state index is 11.2. The number of hydrogen-bond acceptors (Lipinski definition) is 4. The molecule has 0 aromatic carbocycles. The molecular weight excluding hydrogens is 180 g/mol. The van der Waals surface area contributed by atoms with Crippen molar-refractivity contribution in [2.45, 2.75) is 12.5 Å². The molecule has 4 nitrogen and oxygen atoms in total. The van der Waals surface area contributed by atoms with Gasteiger partial charge in [-0.2, -0.15) is 0 Å². The highest BCUT2D eigenvalue weighted by molar-refractivity contribution is 5.89. The second-order valence-corrected chi connectivity index (χ2v) is 3.26. The monoisotopic (exact) mass is 192 g/mol. The molecule has 2 rings (SSSR count). The zero-order chi connectivity index (χ0) is 9.97. The van der Waals surface area contributed by atoms with E-state index in [1.807, 2.05) is 0 Å². The number of pyridine rings is 1. The maximum absolute atomic E-state index is 11.2. The minimum atomic E-state index is -0.312. The van der Waals surface area contributed by atoms with Crippen molar-refractivity contribution >= 4 is 5.97 Å². The Bertz CT molecular complexity index is 348. The molecule has 1 fully saturated rings. The largest absolute Gasteiger partial charge is 0.465 e. The Balaban J connectivity index is 2.21. The van der Waals surface area contributed by atoms with Gasteiger partial charge in [-0.05, 0) is 25.1 Å². The second kappa shape index (κ2) is 3.75. The Morgan fingerprint density at radius 1 is 1.71 bits per heavy atom. The smallest absolute Gasteiger partial charge is 0.337 e. The van der Waals surface area contributed by atoms with Crippen LogP contribution < -0.4 is 5.32 Å². The topological polar surface area (TPSA) is 51.2 Å². The summed E-state index contributed by atoms with van der Waals surface area (Å²) in [6.45, 7) is 1.02. The summed E-state index contributed by atoms with van der Waals surface area (Å²) in [4.78, 5) is 15.4. The van der Waals surface area contributed by atoms with Gasteiger partial charge in [-0.1, -0.05) is 0 Å². The van der Waals surface area contributed by atoms with Crippen LogP contribution in [0.25, 0.3) is 0 Å². The Morgan fingerprint density at radius 3 is 3.07 bits per heavy atom. The summed E-state index contributed by atoms with van der Waals surface area (Å²) in [6, 6.07) is 3.75. The first-order chi connectivity index (χ1) is 6.81. The highest BCUT2D eigenvalue weighted by Crippen LogP contribution is 2.21. The predicted molar refractivity (Wildman–Crippen MR) is 50.9 cm³/mol. The van der Waals surface area contributed by atoms with E-state index >= 15 is 0 Å². The van der Waals surface area contributed by atoms with Gasteiger partial charge in [0, 0.05) is 6.20 Å². The first-order valence-corrected chi connectivity index (χ1v) is 4.59. The van der Waals surface area contributed by atoms with Gasteiger partial charge in [-0.25, -0.2) is 4.79 Å². The van der Waals surface area contributed by atoms with Gasteiger partial charge in [-0.15, -0.1) is 0 Å².